The molecule has 14 heavy (non-hydrogen) atoms. The van der Waals surface area contributed by atoms with Crippen LogP contribution < -0.4 is 0 Å². The van der Waals surface area contributed by atoms with Crippen LogP contribution in [0.1, 0.15) is 11.1 Å². The second-order valence-corrected chi connectivity index (χ2v) is 3.68. The molecule has 2 rings (SSSR count). The summed E-state index contributed by atoms with van der Waals surface area (Å²) < 4.78 is 0. The minimum atomic E-state index is 0.948. The molecule has 70 valence electrons. The Morgan fingerprint density at radius 3 is 2.57 bits per heavy atom. The van der Waals surface area contributed by atoms with Crippen molar-refractivity contribution in [1.29, 1.82) is 0 Å². The first-order chi connectivity index (χ1) is 6.79. The largest absolute Gasteiger partial charge is 0.103 e. The van der Waals surface area contributed by atoms with Crippen molar-refractivity contribution in [2.24, 2.45) is 0 Å². The van der Waals surface area contributed by atoms with Crippen molar-refractivity contribution in [1.82, 2.24) is 0 Å². The van der Waals surface area contributed by atoms with E-state index >= 15 is 0 Å². The van der Waals surface area contributed by atoms with Gasteiger partial charge in [-0.25, -0.2) is 0 Å². The molecular formula is C14H14. The third kappa shape index (κ3) is 1.69. The molecule has 0 amide bonds. The highest BCUT2D eigenvalue weighted by molar-refractivity contribution is 5.83. The van der Waals surface area contributed by atoms with E-state index in [4.69, 9.17) is 0 Å². The number of hydrogen-bond acceptors (Lipinski definition) is 0. The van der Waals surface area contributed by atoms with Crippen LogP contribution in [0, 0.1) is 6.92 Å². The second-order valence-electron chi connectivity index (χ2n) is 3.68. The zero-order chi connectivity index (χ0) is 9.97. The van der Waals surface area contributed by atoms with Crippen LogP contribution in [0.2, 0.25) is 0 Å². The first-order valence-electron chi connectivity index (χ1n) is 4.90. The molecule has 0 aliphatic carbocycles. The standard InChI is InChI=1S/C14H14/c1-3-4-12-6-8-13-9-11(2)5-7-14(13)10-12/h3,5-10H,1,4H2,2H3. The van der Waals surface area contributed by atoms with Gasteiger partial charge in [-0.2, -0.15) is 0 Å². The second kappa shape index (κ2) is 3.67. The quantitative estimate of drug-likeness (QED) is 0.618. The summed E-state index contributed by atoms with van der Waals surface area (Å²) in [7, 11) is 0. The van der Waals surface area contributed by atoms with Crippen LogP contribution >= 0.6 is 0 Å². The fourth-order valence-electron chi connectivity index (χ4n) is 1.71. The van der Waals surface area contributed by atoms with E-state index in [1.807, 2.05) is 6.08 Å². The minimum absolute atomic E-state index is 0.948. The maximum atomic E-state index is 3.75. The van der Waals surface area contributed by atoms with Gasteiger partial charge in [0.05, 0.1) is 0 Å². The van der Waals surface area contributed by atoms with Crippen molar-refractivity contribution in [3.63, 3.8) is 0 Å². The van der Waals surface area contributed by atoms with E-state index in [-0.39, 0.29) is 0 Å². The molecule has 2 aromatic carbocycles. The van der Waals surface area contributed by atoms with Gasteiger partial charge in [-0.3, -0.25) is 0 Å². The van der Waals surface area contributed by atoms with E-state index in [0.717, 1.165) is 6.42 Å². The van der Waals surface area contributed by atoms with Crippen molar-refractivity contribution in [2.45, 2.75) is 13.3 Å². The summed E-state index contributed by atoms with van der Waals surface area (Å²) in [5, 5.41) is 2.63. The van der Waals surface area contributed by atoms with Gasteiger partial charge < -0.3 is 0 Å². The molecular weight excluding hydrogens is 168 g/mol. The van der Waals surface area contributed by atoms with Gasteiger partial charge in [0, 0.05) is 0 Å². The molecule has 0 heteroatoms. The van der Waals surface area contributed by atoms with Gasteiger partial charge in [0.25, 0.3) is 0 Å². The summed E-state index contributed by atoms with van der Waals surface area (Å²) >= 11 is 0. The van der Waals surface area contributed by atoms with Crippen LogP contribution in [0.5, 0.6) is 0 Å². The zero-order valence-electron chi connectivity index (χ0n) is 8.46. The molecule has 0 heterocycles. The average molecular weight is 182 g/mol. The van der Waals surface area contributed by atoms with Crippen molar-refractivity contribution < 1.29 is 0 Å². The average Bonchev–Trinajstić information content (AvgIpc) is 2.19. The maximum absolute atomic E-state index is 3.75. The van der Waals surface area contributed by atoms with Crippen LogP contribution in [-0.2, 0) is 6.42 Å². The minimum Gasteiger partial charge on any atom is -0.103 e. The molecule has 0 radical (unpaired) electrons. The fraction of sp³-hybridized carbons (Fsp3) is 0.143. The lowest BCUT2D eigenvalue weighted by atomic mass is 10.0. The van der Waals surface area contributed by atoms with Gasteiger partial charge in [0.2, 0.25) is 0 Å². The van der Waals surface area contributed by atoms with Crippen molar-refractivity contribution in [2.75, 3.05) is 0 Å². The molecule has 0 aliphatic heterocycles. The third-order valence-electron chi connectivity index (χ3n) is 2.44. The van der Waals surface area contributed by atoms with Gasteiger partial charge in [0.1, 0.15) is 0 Å². The zero-order valence-corrected chi connectivity index (χ0v) is 8.46. The van der Waals surface area contributed by atoms with E-state index < -0.39 is 0 Å². The van der Waals surface area contributed by atoms with Crippen LogP contribution in [0.3, 0.4) is 0 Å². The summed E-state index contributed by atoms with van der Waals surface area (Å²) in [6.07, 6.45) is 2.89. The first-order valence-corrected chi connectivity index (χ1v) is 4.90. The molecule has 0 spiro atoms. The van der Waals surface area contributed by atoms with Crippen molar-refractivity contribution in [3.05, 3.63) is 60.2 Å². The Balaban J connectivity index is 2.55. The Hall–Kier alpha value is -1.56. The lowest BCUT2D eigenvalue weighted by molar-refractivity contribution is 1.29. The van der Waals surface area contributed by atoms with Crippen molar-refractivity contribution in [3.8, 4) is 0 Å². The molecule has 0 bridgehead atoms. The number of fused-ring (bicyclic) bond motifs is 1. The molecule has 0 saturated heterocycles. The number of allylic oxidation sites excluding steroid dienone is 1. The lowest BCUT2D eigenvalue weighted by Crippen LogP contribution is -1.81. The van der Waals surface area contributed by atoms with E-state index in [1.165, 1.54) is 21.9 Å². The molecule has 0 aliphatic rings. The monoisotopic (exact) mass is 182 g/mol. The molecule has 0 atom stereocenters. The van der Waals surface area contributed by atoms with Gasteiger partial charge in [-0.15, -0.1) is 6.58 Å². The molecule has 0 unspecified atom stereocenters. The molecule has 0 fully saturated rings. The van der Waals surface area contributed by atoms with Crippen molar-refractivity contribution >= 4 is 10.8 Å². The predicted octanol–water partition coefficient (Wildman–Crippen LogP) is 3.88. The predicted molar refractivity (Wildman–Crippen MR) is 62.6 cm³/mol. The van der Waals surface area contributed by atoms with Crippen LogP contribution in [0.15, 0.2) is 49.1 Å². The topological polar surface area (TPSA) is 0 Å². The Morgan fingerprint density at radius 1 is 1.07 bits per heavy atom. The summed E-state index contributed by atoms with van der Waals surface area (Å²) in [4.78, 5) is 0. The summed E-state index contributed by atoms with van der Waals surface area (Å²) in [5.41, 5.74) is 2.64. The summed E-state index contributed by atoms with van der Waals surface area (Å²) in [5.74, 6) is 0. The molecule has 0 aromatic heterocycles. The van der Waals surface area contributed by atoms with Crippen LogP contribution in [0.25, 0.3) is 10.8 Å². The molecule has 0 nitrogen and oxygen atoms in total. The highest BCUT2D eigenvalue weighted by Gasteiger charge is 1.95. The van der Waals surface area contributed by atoms with Gasteiger partial charge in [0.15, 0.2) is 0 Å². The number of aryl methyl sites for hydroxylation is 1. The van der Waals surface area contributed by atoms with Crippen LogP contribution in [-0.4, -0.2) is 0 Å². The van der Waals surface area contributed by atoms with Gasteiger partial charge >= 0.3 is 0 Å². The number of rotatable bonds is 2. The molecule has 2 aromatic rings. The lowest BCUT2D eigenvalue weighted by Gasteiger charge is -2.02. The Morgan fingerprint density at radius 2 is 1.79 bits per heavy atom. The summed E-state index contributed by atoms with van der Waals surface area (Å²) in [6, 6.07) is 13.1. The molecule has 0 saturated carbocycles. The molecule has 0 N–H and O–H groups in total. The Bertz CT molecular complexity index is 466. The number of hydrogen-bond donors (Lipinski definition) is 0. The van der Waals surface area contributed by atoms with E-state index in [1.54, 1.807) is 0 Å². The SMILES string of the molecule is C=CCc1ccc2cc(C)ccc2c1. The fourth-order valence-corrected chi connectivity index (χ4v) is 1.71. The third-order valence-corrected chi connectivity index (χ3v) is 2.44. The Kier molecular flexibility index (Phi) is 2.36. The van der Waals surface area contributed by atoms with Gasteiger partial charge in [-0.1, -0.05) is 48.0 Å². The Labute approximate surface area is 84.9 Å². The normalized spacial score (nSPS) is 10.4. The van der Waals surface area contributed by atoms with E-state index in [0.29, 0.717) is 0 Å². The van der Waals surface area contributed by atoms with Gasteiger partial charge in [-0.05, 0) is 29.7 Å². The van der Waals surface area contributed by atoms with Crippen LogP contribution in [0.4, 0.5) is 0 Å². The maximum Gasteiger partial charge on any atom is -0.00999 e. The summed E-state index contributed by atoms with van der Waals surface area (Å²) in [6.45, 7) is 5.87. The van der Waals surface area contributed by atoms with E-state index in [9.17, 15) is 0 Å². The highest BCUT2D eigenvalue weighted by Crippen LogP contribution is 2.17. The first kappa shape index (κ1) is 9.01. The van der Waals surface area contributed by atoms with E-state index in [2.05, 4.69) is 49.9 Å². The smallest absolute Gasteiger partial charge is 0.00999 e. The number of benzene rings is 2. The highest BCUT2D eigenvalue weighted by atomic mass is 14.0.